The van der Waals surface area contributed by atoms with Crippen LogP contribution in [0.25, 0.3) is 0 Å². The standard InChI is InChI=1S/C13H17N3O3S2/c1-8-4-11(19-3)5-9(2)12(8)21(17,18)15-6-10-7-20-13(14)16-10/h4-5,7,15H,6H2,1-3H3,(H2,14,16). The van der Waals surface area contributed by atoms with Gasteiger partial charge in [0.25, 0.3) is 0 Å². The third-order valence-corrected chi connectivity index (χ3v) is 5.38. The Morgan fingerprint density at radius 3 is 2.43 bits per heavy atom. The molecule has 8 heteroatoms. The van der Waals surface area contributed by atoms with Crippen molar-refractivity contribution in [3.05, 3.63) is 34.3 Å². The number of nitrogen functional groups attached to an aromatic ring is 1. The quantitative estimate of drug-likeness (QED) is 0.873. The molecule has 0 spiro atoms. The Hall–Kier alpha value is -1.64. The summed E-state index contributed by atoms with van der Waals surface area (Å²) in [5, 5.41) is 2.15. The van der Waals surface area contributed by atoms with E-state index in [2.05, 4.69) is 9.71 Å². The van der Waals surface area contributed by atoms with Gasteiger partial charge in [-0.05, 0) is 37.1 Å². The summed E-state index contributed by atoms with van der Waals surface area (Å²) in [6.07, 6.45) is 0. The van der Waals surface area contributed by atoms with Gasteiger partial charge in [0.05, 0.1) is 24.2 Å². The van der Waals surface area contributed by atoms with Gasteiger partial charge in [0.2, 0.25) is 10.0 Å². The number of aryl methyl sites for hydroxylation is 2. The molecule has 0 saturated heterocycles. The second kappa shape index (κ2) is 6.00. The van der Waals surface area contributed by atoms with Crippen molar-refractivity contribution >= 4 is 26.5 Å². The van der Waals surface area contributed by atoms with E-state index >= 15 is 0 Å². The number of methoxy groups -OCH3 is 1. The van der Waals surface area contributed by atoms with Gasteiger partial charge in [0.1, 0.15) is 5.75 Å². The summed E-state index contributed by atoms with van der Waals surface area (Å²) in [5.41, 5.74) is 7.40. The number of thiazole rings is 1. The van der Waals surface area contributed by atoms with Gasteiger partial charge in [-0.15, -0.1) is 11.3 Å². The van der Waals surface area contributed by atoms with Crippen LogP contribution in [0.4, 0.5) is 5.13 Å². The van der Waals surface area contributed by atoms with Gasteiger partial charge >= 0.3 is 0 Å². The molecule has 1 aromatic carbocycles. The zero-order chi connectivity index (χ0) is 15.6. The van der Waals surface area contributed by atoms with E-state index in [9.17, 15) is 8.42 Å². The number of ether oxygens (including phenoxy) is 1. The number of nitrogens with two attached hydrogens (primary N) is 1. The van der Waals surface area contributed by atoms with Crippen LogP contribution in [0.5, 0.6) is 5.75 Å². The minimum Gasteiger partial charge on any atom is -0.497 e. The summed E-state index contributed by atoms with van der Waals surface area (Å²) in [6, 6.07) is 3.39. The third-order valence-electron chi connectivity index (χ3n) is 2.95. The van der Waals surface area contributed by atoms with E-state index in [0.717, 1.165) is 0 Å². The molecule has 0 aliphatic carbocycles. The molecule has 0 amide bonds. The molecule has 0 radical (unpaired) electrons. The second-order valence-electron chi connectivity index (χ2n) is 4.59. The van der Waals surface area contributed by atoms with Crippen LogP contribution in [-0.4, -0.2) is 20.5 Å². The van der Waals surface area contributed by atoms with Crippen LogP contribution >= 0.6 is 11.3 Å². The molecule has 0 atom stereocenters. The molecule has 21 heavy (non-hydrogen) atoms. The fourth-order valence-electron chi connectivity index (χ4n) is 2.10. The number of nitrogens with one attached hydrogen (secondary N) is 1. The minimum absolute atomic E-state index is 0.112. The van der Waals surface area contributed by atoms with Crippen LogP contribution in [0.2, 0.25) is 0 Å². The summed E-state index contributed by atoms with van der Waals surface area (Å²) in [6.45, 7) is 3.59. The molecule has 1 heterocycles. The lowest BCUT2D eigenvalue weighted by Gasteiger charge is -2.13. The van der Waals surface area contributed by atoms with Crippen LogP contribution in [0.1, 0.15) is 16.8 Å². The number of anilines is 1. The Morgan fingerprint density at radius 2 is 1.95 bits per heavy atom. The lowest BCUT2D eigenvalue weighted by molar-refractivity contribution is 0.413. The molecule has 0 aliphatic heterocycles. The van der Waals surface area contributed by atoms with Crippen LogP contribution in [-0.2, 0) is 16.6 Å². The SMILES string of the molecule is COc1cc(C)c(S(=O)(=O)NCc2csc(N)n2)c(C)c1. The molecule has 0 aliphatic rings. The van der Waals surface area contributed by atoms with Crippen molar-refractivity contribution in [3.8, 4) is 5.75 Å². The van der Waals surface area contributed by atoms with Gasteiger partial charge in [-0.25, -0.2) is 18.1 Å². The molecule has 0 unspecified atom stereocenters. The van der Waals surface area contributed by atoms with Crippen molar-refractivity contribution in [2.45, 2.75) is 25.3 Å². The van der Waals surface area contributed by atoms with E-state index in [-0.39, 0.29) is 11.4 Å². The highest BCUT2D eigenvalue weighted by atomic mass is 32.2. The lowest BCUT2D eigenvalue weighted by Crippen LogP contribution is -2.25. The van der Waals surface area contributed by atoms with E-state index in [4.69, 9.17) is 10.5 Å². The average Bonchev–Trinajstić information content (AvgIpc) is 2.81. The van der Waals surface area contributed by atoms with E-state index < -0.39 is 10.0 Å². The third kappa shape index (κ3) is 3.52. The van der Waals surface area contributed by atoms with Crippen molar-refractivity contribution in [1.29, 1.82) is 0 Å². The first-order valence-corrected chi connectivity index (χ1v) is 8.54. The highest BCUT2D eigenvalue weighted by Gasteiger charge is 2.20. The fraction of sp³-hybridized carbons (Fsp3) is 0.308. The zero-order valence-corrected chi connectivity index (χ0v) is 13.6. The Labute approximate surface area is 128 Å². The van der Waals surface area contributed by atoms with Crippen molar-refractivity contribution in [2.24, 2.45) is 0 Å². The Morgan fingerprint density at radius 1 is 1.33 bits per heavy atom. The molecule has 3 N–H and O–H groups in total. The second-order valence-corrected chi connectivity index (χ2v) is 7.19. The van der Waals surface area contributed by atoms with Gasteiger partial charge < -0.3 is 10.5 Å². The van der Waals surface area contributed by atoms with Crippen LogP contribution < -0.4 is 15.2 Å². The maximum Gasteiger partial charge on any atom is 0.241 e. The molecular formula is C13H17N3O3S2. The van der Waals surface area contributed by atoms with Crippen molar-refractivity contribution in [1.82, 2.24) is 9.71 Å². The van der Waals surface area contributed by atoms with Crippen molar-refractivity contribution in [2.75, 3.05) is 12.8 Å². The summed E-state index contributed by atoms with van der Waals surface area (Å²) >= 11 is 1.28. The molecule has 114 valence electrons. The van der Waals surface area contributed by atoms with E-state index in [1.807, 2.05) is 0 Å². The van der Waals surface area contributed by atoms with Gasteiger partial charge in [-0.3, -0.25) is 0 Å². The van der Waals surface area contributed by atoms with E-state index in [0.29, 0.717) is 27.7 Å². The first-order valence-electron chi connectivity index (χ1n) is 6.18. The summed E-state index contributed by atoms with van der Waals surface area (Å²) in [7, 11) is -2.07. The molecule has 0 fully saturated rings. The number of nitrogens with zero attached hydrogens (tertiary/aromatic N) is 1. The minimum atomic E-state index is -3.62. The topological polar surface area (TPSA) is 94.3 Å². The average molecular weight is 327 g/mol. The van der Waals surface area contributed by atoms with Gasteiger partial charge in [-0.2, -0.15) is 0 Å². The van der Waals surface area contributed by atoms with Gasteiger partial charge in [0, 0.05) is 5.38 Å². The number of aromatic nitrogens is 1. The number of rotatable bonds is 5. The van der Waals surface area contributed by atoms with Gasteiger partial charge in [-0.1, -0.05) is 0 Å². The van der Waals surface area contributed by atoms with Crippen LogP contribution in [0.15, 0.2) is 22.4 Å². The maximum atomic E-state index is 12.4. The molecule has 0 bridgehead atoms. The van der Waals surface area contributed by atoms with Gasteiger partial charge in [0.15, 0.2) is 5.13 Å². The first kappa shape index (κ1) is 15.7. The van der Waals surface area contributed by atoms with Crippen LogP contribution in [0.3, 0.4) is 0 Å². The molecule has 0 saturated carbocycles. The van der Waals surface area contributed by atoms with Crippen molar-refractivity contribution < 1.29 is 13.2 Å². The normalized spacial score (nSPS) is 11.6. The predicted octanol–water partition coefficient (Wildman–Crippen LogP) is 1.83. The first-order chi connectivity index (χ1) is 9.83. The number of hydrogen-bond acceptors (Lipinski definition) is 6. The fourth-order valence-corrected chi connectivity index (χ4v) is 4.11. The maximum absolute atomic E-state index is 12.4. The number of hydrogen-bond donors (Lipinski definition) is 2. The molecule has 2 rings (SSSR count). The summed E-state index contributed by atoms with van der Waals surface area (Å²) in [5.74, 6) is 0.635. The number of sulfonamides is 1. The highest BCUT2D eigenvalue weighted by molar-refractivity contribution is 7.89. The van der Waals surface area contributed by atoms with Crippen LogP contribution in [0, 0.1) is 13.8 Å². The predicted molar refractivity (Wildman–Crippen MR) is 83.0 cm³/mol. The Kier molecular flexibility index (Phi) is 4.50. The summed E-state index contributed by atoms with van der Waals surface area (Å²) < 4.78 is 32.6. The largest absolute Gasteiger partial charge is 0.497 e. The number of benzene rings is 1. The van der Waals surface area contributed by atoms with E-state index in [1.165, 1.54) is 11.3 Å². The zero-order valence-electron chi connectivity index (χ0n) is 12.0. The molecular weight excluding hydrogens is 310 g/mol. The monoisotopic (exact) mass is 327 g/mol. The molecule has 1 aromatic heterocycles. The summed E-state index contributed by atoms with van der Waals surface area (Å²) in [4.78, 5) is 4.30. The smallest absolute Gasteiger partial charge is 0.241 e. The molecule has 6 nitrogen and oxygen atoms in total. The van der Waals surface area contributed by atoms with Crippen molar-refractivity contribution in [3.63, 3.8) is 0 Å². The Balaban J connectivity index is 2.27. The Bertz CT molecular complexity index is 731. The molecule has 2 aromatic rings. The lowest BCUT2D eigenvalue weighted by atomic mass is 10.1. The van der Waals surface area contributed by atoms with E-state index in [1.54, 1.807) is 38.5 Å². The highest BCUT2D eigenvalue weighted by Crippen LogP contribution is 2.25.